The predicted octanol–water partition coefficient (Wildman–Crippen LogP) is 0.661. The van der Waals surface area contributed by atoms with E-state index in [0.29, 0.717) is 25.2 Å². The second kappa shape index (κ2) is 8.48. The molecule has 4 unspecified atom stereocenters. The minimum absolute atomic E-state index is 0.00270. The van der Waals surface area contributed by atoms with Crippen LogP contribution >= 0.6 is 0 Å². The lowest BCUT2D eigenvalue weighted by molar-refractivity contribution is -0.125. The van der Waals surface area contributed by atoms with Crippen molar-refractivity contribution in [2.24, 2.45) is 5.92 Å². The number of rotatable bonds is 5. The van der Waals surface area contributed by atoms with E-state index in [4.69, 9.17) is 9.57 Å². The number of nitrogens with one attached hydrogen (secondary N) is 3. The van der Waals surface area contributed by atoms with Crippen molar-refractivity contribution in [3.63, 3.8) is 0 Å². The van der Waals surface area contributed by atoms with Crippen molar-refractivity contribution in [2.75, 3.05) is 26.2 Å². The van der Waals surface area contributed by atoms with E-state index in [9.17, 15) is 9.18 Å². The monoisotopic (exact) mass is 370 g/mol. The first-order chi connectivity index (χ1) is 12.7. The van der Waals surface area contributed by atoms with Gasteiger partial charge in [-0.3, -0.25) is 15.1 Å². The van der Waals surface area contributed by atoms with Gasteiger partial charge >= 0.3 is 0 Å². The second-order valence-electron chi connectivity index (χ2n) is 8.20. The number of ether oxygens (including phenoxy) is 1. The Morgan fingerprint density at radius 2 is 2.04 bits per heavy atom. The molecule has 148 valence electrons. The lowest BCUT2D eigenvalue weighted by Crippen LogP contribution is -2.47. The summed E-state index contributed by atoms with van der Waals surface area (Å²) in [6.45, 7) is 3.26. The first kappa shape index (κ1) is 18.6. The first-order valence-corrected chi connectivity index (χ1v) is 10.1. The molecule has 8 heteroatoms. The summed E-state index contributed by atoms with van der Waals surface area (Å²) in [5.41, 5.74) is 6.24. The van der Waals surface area contributed by atoms with E-state index in [1.807, 2.05) is 0 Å². The van der Waals surface area contributed by atoms with Gasteiger partial charge in [0.2, 0.25) is 5.91 Å². The molecular formula is C18H31FN4O3. The highest BCUT2D eigenvalue weighted by atomic mass is 19.1. The van der Waals surface area contributed by atoms with Crippen LogP contribution in [0.4, 0.5) is 4.39 Å². The molecule has 1 amide bonds. The maximum Gasteiger partial charge on any atom is 0.239 e. The molecule has 3 heterocycles. The van der Waals surface area contributed by atoms with Crippen molar-refractivity contribution in [2.45, 2.75) is 75.4 Å². The van der Waals surface area contributed by atoms with Crippen LogP contribution in [-0.2, 0) is 14.4 Å². The largest absolute Gasteiger partial charge is 0.375 e. The van der Waals surface area contributed by atoms with E-state index in [2.05, 4.69) is 21.2 Å². The lowest BCUT2D eigenvalue weighted by Gasteiger charge is -2.28. The van der Waals surface area contributed by atoms with Crippen molar-refractivity contribution >= 4 is 5.91 Å². The van der Waals surface area contributed by atoms with Gasteiger partial charge in [-0.25, -0.2) is 9.40 Å². The lowest BCUT2D eigenvalue weighted by atomic mass is 9.88. The van der Waals surface area contributed by atoms with Gasteiger partial charge in [0.05, 0.1) is 12.1 Å². The highest BCUT2D eigenvalue weighted by molar-refractivity contribution is 5.82. The molecule has 0 aromatic heterocycles. The van der Waals surface area contributed by atoms with Crippen molar-refractivity contribution < 1.29 is 18.8 Å². The fourth-order valence-electron chi connectivity index (χ4n) is 4.57. The number of hydroxylamine groups is 1. The van der Waals surface area contributed by atoms with Crippen LogP contribution in [0.5, 0.6) is 0 Å². The summed E-state index contributed by atoms with van der Waals surface area (Å²) in [6.07, 6.45) is 5.52. The van der Waals surface area contributed by atoms with Crippen LogP contribution in [0.2, 0.25) is 0 Å². The molecular weight excluding hydrogens is 339 g/mol. The molecule has 3 N–H and O–H groups in total. The minimum Gasteiger partial charge on any atom is -0.375 e. The molecule has 3 saturated heterocycles. The fourth-order valence-corrected chi connectivity index (χ4v) is 4.57. The summed E-state index contributed by atoms with van der Waals surface area (Å²) in [7, 11) is 0. The molecule has 7 nitrogen and oxygen atoms in total. The predicted molar refractivity (Wildman–Crippen MR) is 93.7 cm³/mol. The summed E-state index contributed by atoms with van der Waals surface area (Å²) >= 11 is 0. The zero-order chi connectivity index (χ0) is 17.9. The van der Waals surface area contributed by atoms with Crippen LogP contribution in [0, 0.1) is 5.92 Å². The molecule has 0 aromatic carbocycles. The number of hydrogen-bond donors (Lipinski definition) is 3. The third-order valence-corrected chi connectivity index (χ3v) is 6.13. The van der Waals surface area contributed by atoms with E-state index in [1.165, 1.54) is 0 Å². The quantitative estimate of drug-likeness (QED) is 0.660. The van der Waals surface area contributed by atoms with Gasteiger partial charge in [0, 0.05) is 32.7 Å². The van der Waals surface area contributed by atoms with E-state index < -0.39 is 6.17 Å². The van der Waals surface area contributed by atoms with Gasteiger partial charge in [0.1, 0.15) is 18.3 Å². The average Bonchev–Trinajstić information content (AvgIpc) is 3.38. The van der Waals surface area contributed by atoms with Gasteiger partial charge in [0.15, 0.2) is 0 Å². The minimum atomic E-state index is -0.607. The fraction of sp³-hybridized carbons (Fsp3) is 0.944. The molecule has 4 rings (SSSR count). The van der Waals surface area contributed by atoms with Gasteiger partial charge in [-0.2, -0.15) is 5.48 Å². The van der Waals surface area contributed by atoms with Crippen LogP contribution in [0.1, 0.15) is 44.9 Å². The van der Waals surface area contributed by atoms with Crippen LogP contribution in [-0.4, -0.2) is 67.6 Å². The molecule has 3 aliphatic heterocycles. The molecule has 0 spiro atoms. The second-order valence-corrected chi connectivity index (χ2v) is 8.20. The number of hydrazine groups is 1. The smallest absolute Gasteiger partial charge is 0.239 e. The van der Waals surface area contributed by atoms with Gasteiger partial charge < -0.3 is 10.1 Å². The van der Waals surface area contributed by atoms with Crippen molar-refractivity contribution in [1.29, 1.82) is 0 Å². The van der Waals surface area contributed by atoms with Gasteiger partial charge in [0.25, 0.3) is 0 Å². The van der Waals surface area contributed by atoms with Crippen LogP contribution < -0.4 is 16.2 Å². The molecule has 0 radical (unpaired) electrons. The number of amides is 1. The average molecular weight is 370 g/mol. The zero-order valence-electron chi connectivity index (χ0n) is 15.3. The maximum atomic E-state index is 13.2. The SMILES string of the molecule is O=C(NC1CNN(CC2CCC(F)CC2)C1)C1CC(C2CCCO2)ON1. The van der Waals surface area contributed by atoms with Gasteiger partial charge in [-0.05, 0) is 44.4 Å². The molecule has 4 aliphatic rings. The zero-order valence-corrected chi connectivity index (χ0v) is 15.3. The van der Waals surface area contributed by atoms with Gasteiger partial charge in [-0.1, -0.05) is 0 Å². The summed E-state index contributed by atoms with van der Waals surface area (Å²) < 4.78 is 18.9. The van der Waals surface area contributed by atoms with Crippen molar-refractivity contribution in [3.8, 4) is 0 Å². The summed E-state index contributed by atoms with van der Waals surface area (Å²) in [4.78, 5) is 18.1. The van der Waals surface area contributed by atoms with E-state index in [0.717, 1.165) is 51.9 Å². The topological polar surface area (TPSA) is 74.9 Å². The number of halogens is 1. The number of carbonyl (C=O) groups is 1. The van der Waals surface area contributed by atoms with Crippen LogP contribution in [0.15, 0.2) is 0 Å². The number of alkyl halides is 1. The Morgan fingerprint density at radius 1 is 1.19 bits per heavy atom. The molecule has 26 heavy (non-hydrogen) atoms. The normalized spacial score (nSPS) is 41.6. The van der Waals surface area contributed by atoms with E-state index in [-0.39, 0.29) is 30.2 Å². The van der Waals surface area contributed by atoms with Crippen LogP contribution in [0.3, 0.4) is 0 Å². The molecule has 4 fully saturated rings. The molecule has 0 bridgehead atoms. The molecule has 1 saturated carbocycles. The Hall–Kier alpha value is -0.800. The molecule has 1 aliphatic carbocycles. The first-order valence-electron chi connectivity index (χ1n) is 10.1. The Labute approximate surface area is 154 Å². The molecule has 0 aromatic rings. The standard InChI is InChI=1S/C18H31FN4O3/c19-13-5-3-12(4-6-13)10-23-11-14(9-20-23)21-18(24)15-8-17(26-22-15)16-2-1-7-25-16/h12-17,20,22H,1-11H2,(H,21,24). The number of hydrogen-bond acceptors (Lipinski definition) is 6. The number of carbonyl (C=O) groups excluding carboxylic acids is 1. The third kappa shape index (κ3) is 4.54. The van der Waals surface area contributed by atoms with Gasteiger partial charge in [-0.15, -0.1) is 0 Å². The van der Waals surface area contributed by atoms with E-state index >= 15 is 0 Å². The highest BCUT2D eigenvalue weighted by Gasteiger charge is 2.38. The summed E-state index contributed by atoms with van der Waals surface area (Å²) in [5, 5.41) is 5.30. The summed E-state index contributed by atoms with van der Waals surface area (Å²) in [6, 6.07) is -0.207. The van der Waals surface area contributed by atoms with Crippen molar-refractivity contribution in [1.82, 2.24) is 21.2 Å². The third-order valence-electron chi connectivity index (χ3n) is 6.13. The number of nitrogens with zero attached hydrogens (tertiary/aromatic N) is 1. The van der Waals surface area contributed by atoms with Crippen molar-refractivity contribution in [3.05, 3.63) is 0 Å². The summed E-state index contributed by atoms with van der Waals surface area (Å²) in [5.74, 6) is 0.554. The molecule has 4 atom stereocenters. The Morgan fingerprint density at radius 3 is 2.81 bits per heavy atom. The maximum absolute atomic E-state index is 13.2. The van der Waals surface area contributed by atoms with E-state index in [1.54, 1.807) is 0 Å². The van der Waals surface area contributed by atoms with Crippen LogP contribution in [0.25, 0.3) is 0 Å². The Bertz CT molecular complexity index is 483. The highest BCUT2D eigenvalue weighted by Crippen LogP contribution is 2.27. The Balaban J connectivity index is 1.17. The Kier molecular flexibility index (Phi) is 6.05.